The molecule has 1 heterocycles. The van der Waals surface area contributed by atoms with Crippen LogP contribution in [0.25, 0.3) is 0 Å². The molecule has 4 amide bonds. The zero-order valence-corrected chi connectivity index (χ0v) is 20.4. The Bertz CT molecular complexity index is 1050. The molecule has 0 bridgehead atoms. The highest BCUT2D eigenvalue weighted by Crippen LogP contribution is 2.23. The van der Waals surface area contributed by atoms with E-state index in [-0.39, 0.29) is 37.1 Å². The second-order valence-electron chi connectivity index (χ2n) is 7.73. The van der Waals surface area contributed by atoms with Crippen LogP contribution in [0.15, 0.2) is 42.7 Å². The number of phenolic OH excluding ortho intramolecular Hbond substituents is 1. The third-order valence-electron chi connectivity index (χ3n) is 4.83. The molecule has 1 aromatic heterocycles. The molecule has 0 aliphatic rings. The number of carbonyl (C=O) groups excluding carboxylic acids is 3. The Morgan fingerprint density at radius 3 is 2.57 bits per heavy atom. The van der Waals surface area contributed by atoms with Gasteiger partial charge in [0, 0.05) is 31.5 Å². The zero-order valence-electron chi connectivity index (χ0n) is 20.4. The molecule has 1 aromatic carbocycles. The number of benzene rings is 1. The maximum absolute atomic E-state index is 12.4. The number of carbonyl (C=O) groups is 4. The standard InChI is InChI=1S/C24H31N5O8/c1-2-3-10-37-24(35)29-19(22(32)33)15-27-21(31)18-7-6-17(12-20(18)30)36-11-9-26-23(34)28-14-16-5-4-8-25-13-16/h4-8,12-13,19,30H,2-3,9-11,14-15H2,1H3,(H,27,31)(H,29,35)(H,32,33)(H2,26,28,34)/t19-/m0/s1. The van der Waals surface area contributed by atoms with E-state index in [0.29, 0.717) is 13.0 Å². The molecule has 0 aliphatic heterocycles. The van der Waals surface area contributed by atoms with Gasteiger partial charge in [0.05, 0.1) is 18.7 Å². The van der Waals surface area contributed by atoms with Gasteiger partial charge in [0.15, 0.2) is 0 Å². The minimum absolute atomic E-state index is 0.103. The largest absolute Gasteiger partial charge is 0.507 e. The molecule has 13 heteroatoms. The molecule has 0 fully saturated rings. The highest BCUT2D eigenvalue weighted by molar-refractivity contribution is 5.97. The molecule has 0 saturated carbocycles. The number of ether oxygens (including phenoxy) is 2. The number of aromatic hydroxyl groups is 1. The predicted octanol–water partition coefficient (Wildman–Crippen LogP) is 1.37. The van der Waals surface area contributed by atoms with Gasteiger partial charge in [-0.2, -0.15) is 0 Å². The number of alkyl carbamates (subject to hydrolysis) is 1. The maximum Gasteiger partial charge on any atom is 0.407 e. The predicted molar refractivity (Wildman–Crippen MR) is 131 cm³/mol. The molecule has 1 atom stereocenters. The molecule has 0 spiro atoms. The topological polar surface area (TPSA) is 188 Å². The van der Waals surface area contributed by atoms with Gasteiger partial charge >= 0.3 is 18.1 Å². The van der Waals surface area contributed by atoms with Crippen LogP contribution in [-0.4, -0.2) is 71.5 Å². The summed E-state index contributed by atoms with van der Waals surface area (Å²) in [6.07, 6.45) is 3.83. The van der Waals surface area contributed by atoms with Gasteiger partial charge in [-0.15, -0.1) is 0 Å². The van der Waals surface area contributed by atoms with Gasteiger partial charge in [0.1, 0.15) is 24.1 Å². The number of amides is 4. The van der Waals surface area contributed by atoms with Crippen molar-refractivity contribution in [2.45, 2.75) is 32.4 Å². The van der Waals surface area contributed by atoms with Crippen molar-refractivity contribution in [3.05, 3.63) is 53.9 Å². The van der Waals surface area contributed by atoms with E-state index in [1.807, 2.05) is 13.0 Å². The minimum atomic E-state index is -1.42. The molecular weight excluding hydrogens is 486 g/mol. The van der Waals surface area contributed by atoms with E-state index in [9.17, 15) is 29.4 Å². The van der Waals surface area contributed by atoms with Crippen LogP contribution in [0.4, 0.5) is 9.59 Å². The van der Waals surface area contributed by atoms with E-state index >= 15 is 0 Å². The number of aliphatic carboxylic acids is 1. The molecule has 0 radical (unpaired) electrons. The molecule has 200 valence electrons. The maximum atomic E-state index is 12.4. The van der Waals surface area contributed by atoms with Crippen molar-refractivity contribution in [1.82, 2.24) is 26.3 Å². The fraction of sp³-hybridized carbons (Fsp3) is 0.375. The quantitative estimate of drug-likeness (QED) is 0.201. The number of phenols is 1. The second-order valence-corrected chi connectivity index (χ2v) is 7.73. The SMILES string of the molecule is CCCCOC(=O)N[C@@H](CNC(=O)c1ccc(OCCNC(=O)NCc2cccnc2)cc1O)C(=O)O. The van der Waals surface area contributed by atoms with Crippen LogP contribution in [0.3, 0.4) is 0 Å². The first-order valence-corrected chi connectivity index (χ1v) is 11.6. The molecule has 37 heavy (non-hydrogen) atoms. The van der Waals surface area contributed by atoms with Crippen molar-refractivity contribution in [3.8, 4) is 11.5 Å². The van der Waals surface area contributed by atoms with Gasteiger partial charge in [-0.05, 0) is 30.2 Å². The number of carboxylic acids is 1. The highest BCUT2D eigenvalue weighted by Gasteiger charge is 2.22. The first-order valence-electron chi connectivity index (χ1n) is 11.6. The van der Waals surface area contributed by atoms with Crippen LogP contribution >= 0.6 is 0 Å². The zero-order chi connectivity index (χ0) is 27.0. The Kier molecular flexibility index (Phi) is 12.0. The summed E-state index contributed by atoms with van der Waals surface area (Å²) in [6.45, 7) is 2.25. The average molecular weight is 518 g/mol. The molecular formula is C24H31N5O8. The first kappa shape index (κ1) is 28.7. The fourth-order valence-corrected chi connectivity index (χ4v) is 2.86. The number of aromatic nitrogens is 1. The second kappa shape index (κ2) is 15.4. The normalized spacial score (nSPS) is 11.1. The fourth-order valence-electron chi connectivity index (χ4n) is 2.86. The van der Waals surface area contributed by atoms with Crippen molar-refractivity contribution >= 4 is 24.0 Å². The number of urea groups is 1. The summed E-state index contributed by atoms with van der Waals surface area (Å²) in [6, 6.07) is 5.76. The van der Waals surface area contributed by atoms with Crippen LogP contribution in [0.2, 0.25) is 0 Å². The average Bonchev–Trinajstić information content (AvgIpc) is 2.88. The van der Waals surface area contributed by atoms with Crippen LogP contribution in [0, 0.1) is 0 Å². The number of hydrogen-bond donors (Lipinski definition) is 6. The monoisotopic (exact) mass is 517 g/mol. The molecule has 0 saturated heterocycles. The van der Waals surface area contributed by atoms with Gasteiger partial charge in [0.25, 0.3) is 5.91 Å². The Hall–Kier alpha value is -4.55. The molecule has 0 unspecified atom stereocenters. The molecule has 2 aromatic rings. The van der Waals surface area contributed by atoms with Crippen molar-refractivity contribution < 1.29 is 38.9 Å². The van der Waals surface area contributed by atoms with E-state index in [0.717, 1.165) is 12.0 Å². The Labute approximate surface area is 213 Å². The number of nitrogens with zero attached hydrogens (tertiary/aromatic N) is 1. The number of rotatable bonds is 14. The van der Waals surface area contributed by atoms with Gasteiger partial charge in [-0.25, -0.2) is 14.4 Å². The Balaban J connectivity index is 1.75. The number of pyridine rings is 1. The lowest BCUT2D eigenvalue weighted by Gasteiger charge is -2.16. The number of hydrogen-bond acceptors (Lipinski definition) is 8. The van der Waals surface area contributed by atoms with E-state index in [1.165, 1.54) is 18.2 Å². The van der Waals surface area contributed by atoms with Crippen molar-refractivity contribution in [2.24, 2.45) is 0 Å². The van der Waals surface area contributed by atoms with Crippen LogP contribution in [-0.2, 0) is 16.1 Å². The highest BCUT2D eigenvalue weighted by atomic mass is 16.5. The van der Waals surface area contributed by atoms with Crippen molar-refractivity contribution in [1.29, 1.82) is 0 Å². The van der Waals surface area contributed by atoms with Gasteiger partial charge in [-0.1, -0.05) is 19.4 Å². The van der Waals surface area contributed by atoms with Gasteiger partial charge < -0.3 is 41.0 Å². The lowest BCUT2D eigenvalue weighted by atomic mass is 10.1. The lowest BCUT2D eigenvalue weighted by molar-refractivity contribution is -0.139. The Morgan fingerprint density at radius 1 is 1.08 bits per heavy atom. The van der Waals surface area contributed by atoms with E-state index in [1.54, 1.807) is 18.5 Å². The lowest BCUT2D eigenvalue weighted by Crippen LogP contribution is -2.48. The van der Waals surface area contributed by atoms with Crippen molar-refractivity contribution in [3.63, 3.8) is 0 Å². The Morgan fingerprint density at radius 2 is 1.89 bits per heavy atom. The molecule has 6 N–H and O–H groups in total. The van der Waals surface area contributed by atoms with Crippen molar-refractivity contribution in [2.75, 3.05) is 26.3 Å². The smallest absolute Gasteiger partial charge is 0.407 e. The summed E-state index contributed by atoms with van der Waals surface area (Å²) >= 11 is 0. The summed E-state index contributed by atoms with van der Waals surface area (Å²) < 4.78 is 10.3. The summed E-state index contributed by atoms with van der Waals surface area (Å²) in [7, 11) is 0. The molecule has 13 nitrogen and oxygen atoms in total. The summed E-state index contributed by atoms with van der Waals surface area (Å²) in [5.74, 6) is -2.24. The summed E-state index contributed by atoms with van der Waals surface area (Å²) in [5.41, 5.74) is 0.739. The van der Waals surface area contributed by atoms with Crippen LogP contribution in [0.5, 0.6) is 11.5 Å². The third kappa shape index (κ3) is 10.7. The molecule has 2 rings (SSSR count). The van der Waals surface area contributed by atoms with E-state index in [2.05, 4.69) is 26.3 Å². The van der Waals surface area contributed by atoms with Gasteiger partial charge in [0.2, 0.25) is 0 Å². The van der Waals surface area contributed by atoms with Crippen LogP contribution < -0.4 is 26.0 Å². The number of unbranched alkanes of at least 4 members (excludes halogenated alkanes) is 1. The minimum Gasteiger partial charge on any atom is -0.507 e. The number of carboxylic acid groups (broad SMARTS) is 1. The molecule has 0 aliphatic carbocycles. The van der Waals surface area contributed by atoms with Crippen LogP contribution in [0.1, 0.15) is 35.7 Å². The van der Waals surface area contributed by atoms with E-state index < -0.39 is 36.3 Å². The summed E-state index contributed by atoms with van der Waals surface area (Å²) in [4.78, 5) is 51.2. The van der Waals surface area contributed by atoms with E-state index in [4.69, 9.17) is 9.47 Å². The van der Waals surface area contributed by atoms with Gasteiger partial charge in [-0.3, -0.25) is 9.78 Å². The summed E-state index contributed by atoms with van der Waals surface area (Å²) in [5, 5.41) is 29.3. The first-order chi connectivity index (χ1) is 17.8. The number of nitrogens with one attached hydrogen (secondary N) is 4. The third-order valence-corrected chi connectivity index (χ3v) is 4.83.